The number of nitrogens with zero attached hydrogens (tertiary/aromatic N) is 3. The van der Waals surface area contributed by atoms with Crippen molar-refractivity contribution < 1.29 is 4.39 Å². The number of nitrogens with one attached hydrogen (secondary N) is 2. The topological polar surface area (TPSA) is 53.7 Å². The minimum absolute atomic E-state index is 0.204. The Bertz CT molecular complexity index is 779. The fourth-order valence-electron chi connectivity index (χ4n) is 2.27. The molecule has 2 aromatic heterocycles. The highest BCUT2D eigenvalue weighted by molar-refractivity contribution is 7.15. The average molecular weight is 331 g/mol. The zero-order valence-electron chi connectivity index (χ0n) is 12.8. The summed E-state index contributed by atoms with van der Waals surface area (Å²) in [6.07, 6.45) is 4.72. The predicted molar refractivity (Wildman–Crippen MR) is 91.4 cm³/mol. The van der Waals surface area contributed by atoms with Crippen molar-refractivity contribution in [1.29, 1.82) is 0 Å². The zero-order valence-corrected chi connectivity index (χ0v) is 13.6. The van der Waals surface area contributed by atoms with E-state index in [4.69, 9.17) is 0 Å². The molecule has 0 saturated heterocycles. The number of halogens is 1. The van der Waals surface area contributed by atoms with E-state index in [1.54, 1.807) is 30.5 Å². The van der Waals surface area contributed by atoms with Crippen LogP contribution >= 0.6 is 11.3 Å². The van der Waals surface area contributed by atoms with Crippen molar-refractivity contribution in [2.24, 2.45) is 4.99 Å². The molecule has 0 amide bonds. The standard InChI is InChI=1S/C16H18FN5S/c1-18-15(19-6-5-12-3-2-4-13(17)9-12)20-10-14-11-22-7-8-23-16(22)21-14/h2-4,7-9,11H,5-6,10H2,1H3,(H2,18,19,20). The van der Waals surface area contributed by atoms with Crippen LogP contribution in [0.15, 0.2) is 47.0 Å². The van der Waals surface area contributed by atoms with Gasteiger partial charge in [0.2, 0.25) is 0 Å². The van der Waals surface area contributed by atoms with Crippen molar-refractivity contribution in [3.8, 4) is 0 Å². The molecule has 0 aliphatic carbocycles. The van der Waals surface area contributed by atoms with E-state index in [1.807, 2.05) is 28.2 Å². The van der Waals surface area contributed by atoms with E-state index < -0.39 is 0 Å². The maximum Gasteiger partial charge on any atom is 0.193 e. The monoisotopic (exact) mass is 331 g/mol. The van der Waals surface area contributed by atoms with Gasteiger partial charge in [-0.1, -0.05) is 12.1 Å². The third-order valence-electron chi connectivity index (χ3n) is 3.40. The number of hydrogen-bond acceptors (Lipinski definition) is 3. The quantitative estimate of drug-likeness (QED) is 0.558. The summed E-state index contributed by atoms with van der Waals surface area (Å²) in [5.74, 6) is 0.502. The minimum Gasteiger partial charge on any atom is -0.356 e. The molecule has 3 aromatic rings. The van der Waals surface area contributed by atoms with E-state index in [2.05, 4.69) is 20.6 Å². The highest BCUT2D eigenvalue weighted by atomic mass is 32.1. The smallest absolute Gasteiger partial charge is 0.193 e. The van der Waals surface area contributed by atoms with Gasteiger partial charge < -0.3 is 10.6 Å². The molecular weight excluding hydrogens is 313 g/mol. The number of aromatic nitrogens is 2. The van der Waals surface area contributed by atoms with Crippen molar-refractivity contribution in [3.05, 3.63) is 59.1 Å². The van der Waals surface area contributed by atoms with E-state index in [1.165, 1.54) is 6.07 Å². The van der Waals surface area contributed by atoms with Crippen LogP contribution in [0.5, 0.6) is 0 Å². The molecule has 0 aliphatic heterocycles. The molecular formula is C16H18FN5S. The van der Waals surface area contributed by atoms with Gasteiger partial charge in [0.15, 0.2) is 10.9 Å². The third kappa shape index (κ3) is 4.07. The molecule has 1 aromatic carbocycles. The Morgan fingerprint density at radius 1 is 1.39 bits per heavy atom. The SMILES string of the molecule is CN=C(NCCc1cccc(F)c1)NCc1cn2ccsc2n1. The van der Waals surface area contributed by atoms with Crippen molar-refractivity contribution >= 4 is 22.3 Å². The van der Waals surface area contributed by atoms with Crippen LogP contribution in [0.25, 0.3) is 4.96 Å². The van der Waals surface area contributed by atoms with Crippen LogP contribution in [0.4, 0.5) is 4.39 Å². The van der Waals surface area contributed by atoms with Crippen LogP contribution in [0.2, 0.25) is 0 Å². The maximum absolute atomic E-state index is 13.1. The lowest BCUT2D eigenvalue weighted by Gasteiger charge is -2.11. The first-order valence-electron chi connectivity index (χ1n) is 7.34. The van der Waals surface area contributed by atoms with Crippen LogP contribution in [0, 0.1) is 5.82 Å². The summed E-state index contributed by atoms with van der Waals surface area (Å²) in [5, 5.41) is 8.45. The van der Waals surface area contributed by atoms with Crippen LogP contribution in [-0.2, 0) is 13.0 Å². The number of imidazole rings is 1. The van der Waals surface area contributed by atoms with Crippen molar-refractivity contribution in [1.82, 2.24) is 20.0 Å². The summed E-state index contributed by atoms with van der Waals surface area (Å²) in [7, 11) is 1.73. The van der Waals surface area contributed by atoms with Gasteiger partial charge in [0.1, 0.15) is 5.82 Å². The van der Waals surface area contributed by atoms with Gasteiger partial charge >= 0.3 is 0 Å². The van der Waals surface area contributed by atoms with Gasteiger partial charge in [-0.25, -0.2) is 9.37 Å². The van der Waals surface area contributed by atoms with Gasteiger partial charge in [-0.05, 0) is 24.1 Å². The molecule has 7 heteroatoms. The van der Waals surface area contributed by atoms with E-state index in [-0.39, 0.29) is 5.82 Å². The summed E-state index contributed by atoms with van der Waals surface area (Å²) >= 11 is 1.61. The minimum atomic E-state index is -0.204. The maximum atomic E-state index is 13.1. The van der Waals surface area contributed by atoms with E-state index in [0.717, 1.165) is 22.6 Å². The van der Waals surface area contributed by atoms with E-state index in [9.17, 15) is 4.39 Å². The summed E-state index contributed by atoms with van der Waals surface area (Å²) in [6, 6.07) is 6.64. The molecule has 2 heterocycles. The Morgan fingerprint density at radius 2 is 2.30 bits per heavy atom. The first-order valence-corrected chi connectivity index (χ1v) is 8.22. The summed E-state index contributed by atoms with van der Waals surface area (Å²) in [5.41, 5.74) is 1.92. The summed E-state index contributed by atoms with van der Waals surface area (Å²) in [6.45, 7) is 1.29. The zero-order chi connectivity index (χ0) is 16.1. The Hall–Kier alpha value is -2.41. The second-order valence-corrected chi connectivity index (χ2v) is 5.93. The molecule has 120 valence electrons. The molecule has 5 nitrogen and oxygen atoms in total. The second-order valence-electron chi connectivity index (χ2n) is 5.06. The Kier molecular flexibility index (Phi) is 4.87. The molecule has 0 aliphatic rings. The first-order chi connectivity index (χ1) is 11.2. The van der Waals surface area contributed by atoms with Gasteiger partial charge in [-0.15, -0.1) is 11.3 Å². The largest absolute Gasteiger partial charge is 0.356 e. The van der Waals surface area contributed by atoms with Gasteiger partial charge in [-0.2, -0.15) is 0 Å². The number of guanidine groups is 1. The van der Waals surface area contributed by atoms with Gasteiger partial charge in [0.05, 0.1) is 12.2 Å². The molecule has 3 rings (SSSR count). The molecule has 2 N–H and O–H groups in total. The molecule has 23 heavy (non-hydrogen) atoms. The second kappa shape index (κ2) is 7.23. The van der Waals surface area contributed by atoms with Crippen molar-refractivity contribution in [3.63, 3.8) is 0 Å². The molecule has 0 spiro atoms. The van der Waals surface area contributed by atoms with Crippen molar-refractivity contribution in [2.75, 3.05) is 13.6 Å². The average Bonchev–Trinajstić information content (AvgIpc) is 3.12. The highest BCUT2D eigenvalue weighted by Gasteiger charge is 2.04. The number of aliphatic imine (C=N–C) groups is 1. The molecule has 0 atom stereocenters. The fraction of sp³-hybridized carbons (Fsp3) is 0.250. The van der Waals surface area contributed by atoms with E-state index >= 15 is 0 Å². The van der Waals surface area contributed by atoms with Crippen LogP contribution in [0.1, 0.15) is 11.3 Å². The Morgan fingerprint density at radius 3 is 3.09 bits per heavy atom. The summed E-state index contributed by atoms with van der Waals surface area (Å²) < 4.78 is 15.1. The van der Waals surface area contributed by atoms with Crippen LogP contribution < -0.4 is 10.6 Å². The first kappa shape index (κ1) is 15.5. The molecule has 0 bridgehead atoms. The number of hydrogen-bond donors (Lipinski definition) is 2. The fourth-order valence-corrected chi connectivity index (χ4v) is 2.99. The lowest BCUT2D eigenvalue weighted by molar-refractivity contribution is 0.625. The predicted octanol–water partition coefficient (Wildman–Crippen LogP) is 2.44. The molecule has 0 radical (unpaired) electrons. The van der Waals surface area contributed by atoms with Gasteiger partial charge in [0.25, 0.3) is 0 Å². The molecule has 0 unspecified atom stereocenters. The molecule has 0 saturated carbocycles. The van der Waals surface area contributed by atoms with Gasteiger partial charge in [0, 0.05) is 31.4 Å². The normalized spacial score (nSPS) is 11.8. The van der Waals surface area contributed by atoms with Crippen LogP contribution in [0.3, 0.4) is 0 Å². The van der Waals surface area contributed by atoms with Crippen LogP contribution in [-0.4, -0.2) is 28.9 Å². The number of thiazole rings is 1. The molecule has 0 fully saturated rings. The highest BCUT2D eigenvalue weighted by Crippen LogP contribution is 2.10. The number of fused-ring (bicyclic) bond motifs is 1. The lowest BCUT2D eigenvalue weighted by Crippen LogP contribution is -2.37. The van der Waals surface area contributed by atoms with Crippen molar-refractivity contribution in [2.45, 2.75) is 13.0 Å². The number of benzene rings is 1. The van der Waals surface area contributed by atoms with E-state index in [0.29, 0.717) is 19.0 Å². The van der Waals surface area contributed by atoms with Gasteiger partial charge in [-0.3, -0.25) is 9.39 Å². The Balaban J connectivity index is 1.47. The lowest BCUT2D eigenvalue weighted by atomic mass is 10.1. The summed E-state index contributed by atoms with van der Waals surface area (Å²) in [4.78, 5) is 9.68. The Labute approximate surface area is 137 Å². The third-order valence-corrected chi connectivity index (χ3v) is 4.17. The number of rotatable bonds is 5.